The third-order valence-corrected chi connectivity index (χ3v) is 14.0. The van der Waals surface area contributed by atoms with Crippen molar-refractivity contribution in [2.45, 2.75) is 138 Å². The molecule has 3 saturated carbocycles. The molecule has 0 aliphatic heterocycles. The molecule has 0 aromatic carbocycles. The number of ether oxygens (including phenoxy) is 1. The van der Waals surface area contributed by atoms with E-state index in [2.05, 4.69) is 41.5 Å². The van der Waals surface area contributed by atoms with Crippen molar-refractivity contribution in [3.63, 3.8) is 0 Å². The fraction of sp³-hybridized carbons (Fsp3) is 0.853. The van der Waals surface area contributed by atoms with E-state index in [0.29, 0.717) is 11.8 Å². The van der Waals surface area contributed by atoms with Gasteiger partial charge < -0.3 is 14.9 Å². The molecule has 8 atom stereocenters. The lowest BCUT2D eigenvalue weighted by molar-refractivity contribution is -0.179. The van der Waals surface area contributed by atoms with Gasteiger partial charge >= 0.3 is 17.9 Å². The van der Waals surface area contributed by atoms with Gasteiger partial charge in [0.05, 0.1) is 18.3 Å². The summed E-state index contributed by atoms with van der Waals surface area (Å²) in [6.07, 6.45) is 10.6. The van der Waals surface area contributed by atoms with E-state index in [0.717, 1.165) is 57.8 Å². The Labute approximate surface area is 240 Å². The number of esters is 1. The van der Waals surface area contributed by atoms with Crippen LogP contribution in [-0.4, -0.2) is 34.2 Å². The van der Waals surface area contributed by atoms with Crippen LogP contribution in [0.3, 0.4) is 0 Å². The Bertz CT molecular complexity index is 1140. The van der Waals surface area contributed by atoms with E-state index in [1.54, 1.807) is 11.1 Å². The van der Waals surface area contributed by atoms with Crippen molar-refractivity contribution in [1.82, 2.24) is 0 Å². The number of carbonyl (C=O) groups is 3. The van der Waals surface area contributed by atoms with Gasteiger partial charge in [-0.15, -0.1) is 0 Å². The van der Waals surface area contributed by atoms with Crippen molar-refractivity contribution in [2.24, 2.45) is 44.3 Å². The first-order chi connectivity index (χ1) is 18.4. The quantitative estimate of drug-likeness (QED) is 0.265. The predicted molar refractivity (Wildman–Crippen MR) is 153 cm³/mol. The number of carbonyl (C=O) groups excluding carboxylic acids is 1. The molecule has 224 valence electrons. The van der Waals surface area contributed by atoms with Gasteiger partial charge in [0, 0.05) is 5.41 Å². The summed E-state index contributed by atoms with van der Waals surface area (Å²) >= 11 is 0. The van der Waals surface area contributed by atoms with Gasteiger partial charge in [0.1, 0.15) is 6.10 Å². The predicted octanol–water partition coefficient (Wildman–Crippen LogP) is 7.79. The topological polar surface area (TPSA) is 101 Å². The Morgan fingerprint density at radius 3 is 2.10 bits per heavy atom. The maximum Gasteiger partial charge on any atom is 0.309 e. The molecular weight excluding hydrogens is 504 g/mol. The lowest BCUT2D eigenvalue weighted by atomic mass is 9.35. The molecule has 6 nitrogen and oxygen atoms in total. The van der Waals surface area contributed by atoms with E-state index < -0.39 is 23.3 Å². The fourth-order valence-electron chi connectivity index (χ4n) is 11.1. The highest BCUT2D eigenvalue weighted by Gasteiger charge is 2.66. The molecule has 40 heavy (non-hydrogen) atoms. The highest BCUT2D eigenvalue weighted by molar-refractivity contribution is 5.76. The molecule has 0 heterocycles. The number of allylic oxidation sites excluding steroid dienone is 2. The zero-order chi connectivity index (χ0) is 29.5. The van der Waals surface area contributed by atoms with Crippen LogP contribution in [0.5, 0.6) is 0 Å². The second-order valence-electron chi connectivity index (χ2n) is 16.2. The SMILES string of the molecule is CC1(C)[C@@H](OC(=O)CCC(=O)O)CC[C@]2(C)C3=C(CC[C@@H]12)[C@@]1(C)CC[C@@]2(C)CC[C@@](C)(C(=O)O)C[C@H]2[C@]1(C)CC3. The second kappa shape index (κ2) is 9.33. The summed E-state index contributed by atoms with van der Waals surface area (Å²) in [7, 11) is 0. The Hall–Kier alpha value is -1.85. The summed E-state index contributed by atoms with van der Waals surface area (Å²) < 4.78 is 5.95. The van der Waals surface area contributed by atoms with Crippen LogP contribution >= 0.6 is 0 Å². The highest BCUT2D eigenvalue weighted by atomic mass is 16.5. The third kappa shape index (κ3) is 4.12. The van der Waals surface area contributed by atoms with E-state index >= 15 is 0 Å². The standard InChI is InChI=1S/C34H52O6/c1-29(2)23-9-8-22-21(32(23,5)14-13-25(29)40-27(37)11-10-26(35)36)12-15-34(7)24-20-31(4,28(38)39)17-16-30(24,3)18-19-33(22,34)6/h23-25H,8-20H2,1-7H3,(H,35,36)(H,38,39)/t23-,24+,25-,30+,31+,32+,33+,34-/m0/s1. The molecule has 0 saturated heterocycles. The first-order valence-corrected chi connectivity index (χ1v) is 15.8. The summed E-state index contributed by atoms with van der Waals surface area (Å²) in [6, 6.07) is 0. The van der Waals surface area contributed by atoms with Crippen LogP contribution in [0.1, 0.15) is 132 Å². The Morgan fingerprint density at radius 2 is 1.45 bits per heavy atom. The van der Waals surface area contributed by atoms with Crippen molar-refractivity contribution >= 4 is 17.9 Å². The van der Waals surface area contributed by atoms with Gasteiger partial charge in [0.2, 0.25) is 0 Å². The number of rotatable bonds is 5. The van der Waals surface area contributed by atoms with Crippen LogP contribution < -0.4 is 0 Å². The van der Waals surface area contributed by atoms with Crippen molar-refractivity contribution in [3.8, 4) is 0 Å². The largest absolute Gasteiger partial charge is 0.481 e. The molecule has 0 spiro atoms. The zero-order valence-electron chi connectivity index (χ0n) is 26.0. The van der Waals surface area contributed by atoms with Crippen molar-refractivity contribution in [1.29, 1.82) is 0 Å². The van der Waals surface area contributed by atoms with Crippen LogP contribution in [0.4, 0.5) is 0 Å². The molecule has 5 aliphatic carbocycles. The number of aliphatic carboxylic acids is 2. The van der Waals surface area contributed by atoms with Crippen LogP contribution in [0.2, 0.25) is 0 Å². The maximum atomic E-state index is 12.5. The van der Waals surface area contributed by atoms with Gasteiger partial charge in [-0.2, -0.15) is 0 Å². The van der Waals surface area contributed by atoms with Crippen molar-refractivity contribution in [3.05, 3.63) is 11.1 Å². The van der Waals surface area contributed by atoms with Gasteiger partial charge in [-0.3, -0.25) is 14.4 Å². The fourth-order valence-corrected chi connectivity index (χ4v) is 11.1. The molecule has 0 bridgehead atoms. The second-order valence-corrected chi connectivity index (χ2v) is 16.2. The number of carboxylic acids is 2. The molecule has 0 radical (unpaired) electrons. The molecule has 6 heteroatoms. The van der Waals surface area contributed by atoms with E-state index in [1.165, 1.54) is 12.8 Å². The summed E-state index contributed by atoms with van der Waals surface area (Å²) in [5.41, 5.74) is 2.97. The lowest BCUT2D eigenvalue weighted by Gasteiger charge is -2.69. The summed E-state index contributed by atoms with van der Waals surface area (Å²) in [4.78, 5) is 35.8. The number of fused-ring (bicyclic) bond motifs is 6. The number of hydrogen-bond donors (Lipinski definition) is 2. The molecule has 3 fully saturated rings. The van der Waals surface area contributed by atoms with E-state index in [9.17, 15) is 19.5 Å². The van der Waals surface area contributed by atoms with Gasteiger partial charge in [-0.05, 0) is 111 Å². The molecule has 0 unspecified atom stereocenters. The van der Waals surface area contributed by atoms with Gasteiger partial charge in [-0.1, -0.05) is 52.7 Å². The van der Waals surface area contributed by atoms with Gasteiger partial charge in [0.15, 0.2) is 0 Å². The third-order valence-electron chi connectivity index (χ3n) is 14.0. The van der Waals surface area contributed by atoms with E-state index in [1.807, 2.05) is 6.92 Å². The van der Waals surface area contributed by atoms with Gasteiger partial charge in [0.25, 0.3) is 0 Å². The highest BCUT2D eigenvalue weighted by Crippen LogP contribution is 2.75. The van der Waals surface area contributed by atoms with Gasteiger partial charge in [-0.25, -0.2) is 0 Å². The van der Waals surface area contributed by atoms with Crippen LogP contribution in [0, 0.1) is 44.3 Å². The molecule has 5 rings (SSSR count). The van der Waals surface area contributed by atoms with Crippen LogP contribution in [-0.2, 0) is 19.1 Å². The zero-order valence-corrected chi connectivity index (χ0v) is 26.0. The van der Waals surface area contributed by atoms with Crippen molar-refractivity contribution in [2.75, 3.05) is 0 Å². The molecule has 0 aromatic heterocycles. The lowest BCUT2D eigenvalue weighted by Crippen LogP contribution is -2.61. The van der Waals surface area contributed by atoms with E-state index in [4.69, 9.17) is 9.84 Å². The minimum atomic E-state index is -0.971. The van der Waals surface area contributed by atoms with Crippen LogP contribution in [0.25, 0.3) is 0 Å². The Balaban J connectivity index is 1.45. The molecular formula is C34H52O6. The Morgan fingerprint density at radius 1 is 0.775 bits per heavy atom. The summed E-state index contributed by atoms with van der Waals surface area (Å²) in [5.74, 6) is -1.19. The smallest absolute Gasteiger partial charge is 0.309 e. The normalized spacial score (nSPS) is 45.8. The number of hydrogen-bond acceptors (Lipinski definition) is 4. The number of carboxylic acid groups (broad SMARTS) is 2. The Kier molecular flexibility index (Phi) is 6.91. The van der Waals surface area contributed by atoms with E-state index in [-0.39, 0.29) is 46.0 Å². The van der Waals surface area contributed by atoms with Crippen molar-refractivity contribution < 1.29 is 29.3 Å². The molecule has 2 N–H and O–H groups in total. The average Bonchev–Trinajstić information content (AvgIpc) is 2.87. The molecule has 5 aliphatic rings. The first-order valence-electron chi connectivity index (χ1n) is 15.8. The van der Waals surface area contributed by atoms with Crippen LogP contribution in [0.15, 0.2) is 11.1 Å². The first kappa shape index (κ1) is 29.6. The minimum Gasteiger partial charge on any atom is -0.481 e. The summed E-state index contributed by atoms with van der Waals surface area (Å²) in [6.45, 7) is 16.5. The molecule has 0 aromatic rings. The molecule has 0 amide bonds. The monoisotopic (exact) mass is 556 g/mol. The average molecular weight is 557 g/mol. The maximum absolute atomic E-state index is 12.5. The summed E-state index contributed by atoms with van der Waals surface area (Å²) in [5, 5.41) is 19.2. The minimum absolute atomic E-state index is 0.0638.